The van der Waals surface area contributed by atoms with E-state index < -0.39 is 11.7 Å². The quantitative estimate of drug-likeness (QED) is 0.233. The molecular formula is C34H31N5O2. The van der Waals surface area contributed by atoms with Gasteiger partial charge in [0.25, 0.3) is 0 Å². The first kappa shape index (κ1) is 26.2. The van der Waals surface area contributed by atoms with Gasteiger partial charge in [0.15, 0.2) is 5.82 Å². The number of ether oxygens (including phenoxy) is 1. The molecule has 0 atom stereocenters. The van der Waals surface area contributed by atoms with Gasteiger partial charge in [-0.15, -0.1) is 0 Å². The standard InChI is InChI=1S/C34H31N5O2/c1-34(2,3)41-33(40)39-22-28(25-18-12-20-35-32(25)39)31-37-29-19-11-10-17-26(29)30(38-31)36-21-27(23-13-6-4-7-14-23)24-15-8-5-9-16-24/h4-20,22,27H,21H2,1-3H3,(H,36,37,38). The van der Waals surface area contributed by atoms with Gasteiger partial charge >= 0.3 is 6.09 Å². The molecule has 0 aliphatic carbocycles. The molecule has 204 valence electrons. The third kappa shape index (κ3) is 5.52. The molecule has 0 saturated carbocycles. The minimum absolute atomic E-state index is 0.118. The number of carbonyl (C=O) groups is 1. The summed E-state index contributed by atoms with van der Waals surface area (Å²) < 4.78 is 7.09. The van der Waals surface area contributed by atoms with Gasteiger partial charge in [-0.2, -0.15) is 0 Å². The van der Waals surface area contributed by atoms with Crippen molar-refractivity contribution in [3.63, 3.8) is 0 Å². The smallest absolute Gasteiger partial charge is 0.420 e. The van der Waals surface area contributed by atoms with E-state index in [0.29, 0.717) is 23.6 Å². The topological polar surface area (TPSA) is 81.9 Å². The van der Waals surface area contributed by atoms with E-state index >= 15 is 0 Å². The fourth-order valence-corrected chi connectivity index (χ4v) is 5.02. The number of hydrogen-bond acceptors (Lipinski definition) is 6. The predicted molar refractivity (Wildman–Crippen MR) is 163 cm³/mol. The molecule has 1 N–H and O–H groups in total. The summed E-state index contributed by atoms with van der Waals surface area (Å²) in [4.78, 5) is 27.5. The summed E-state index contributed by atoms with van der Waals surface area (Å²) in [7, 11) is 0. The molecule has 0 saturated heterocycles. The van der Waals surface area contributed by atoms with Crippen molar-refractivity contribution in [2.24, 2.45) is 0 Å². The van der Waals surface area contributed by atoms with Gasteiger partial charge in [-0.25, -0.2) is 24.3 Å². The molecule has 0 spiro atoms. The molecule has 41 heavy (non-hydrogen) atoms. The van der Waals surface area contributed by atoms with E-state index in [1.165, 1.54) is 15.7 Å². The lowest BCUT2D eigenvalue weighted by atomic mass is 9.91. The number of nitrogens with zero attached hydrogens (tertiary/aromatic N) is 4. The number of benzene rings is 3. The highest BCUT2D eigenvalue weighted by Gasteiger charge is 2.23. The van der Waals surface area contributed by atoms with Gasteiger partial charge in [0.05, 0.1) is 5.52 Å². The summed E-state index contributed by atoms with van der Waals surface area (Å²) in [5, 5.41) is 5.33. The van der Waals surface area contributed by atoms with Crippen LogP contribution in [0, 0.1) is 0 Å². The van der Waals surface area contributed by atoms with Crippen molar-refractivity contribution in [3.05, 3.63) is 121 Å². The number of pyridine rings is 1. The van der Waals surface area contributed by atoms with E-state index in [4.69, 9.17) is 14.7 Å². The average Bonchev–Trinajstić information content (AvgIpc) is 3.37. The molecule has 0 amide bonds. The van der Waals surface area contributed by atoms with Crippen molar-refractivity contribution in [2.45, 2.75) is 32.3 Å². The summed E-state index contributed by atoms with van der Waals surface area (Å²) in [6.45, 7) is 6.16. The number of carbonyl (C=O) groups excluding carboxylic acids is 1. The van der Waals surface area contributed by atoms with Crippen LogP contribution in [0.4, 0.5) is 10.6 Å². The number of fused-ring (bicyclic) bond motifs is 2. The molecule has 0 unspecified atom stereocenters. The van der Waals surface area contributed by atoms with E-state index in [1.54, 1.807) is 12.4 Å². The second kappa shape index (κ2) is 10.8. The summed E-state index contributed by atoms with van der Waals surface area (Å²) >= 11 is 0. The minimum atomic E-state index is -0.646. The van der Waals surface area contributed by atoms with Crippen molar-refractivity contribution in [2.75, 3.05) is 11.9 Å². The third-order valence-electron chi connectivity index (χ3n) is 6.88. The van der Waals surface area contributed by atoms with Crippen molar-refractivity contribution < 1.29 is 9.53 Å². The van der Waals surface area contributed by atoms with Crippen molar-refractivity contribution in [1.82, 2.24) is 19.5 Å². The van der Waals surface area contributed by atoms with Gasteiger partial charge in [-0.1, -0.05) is 72.8 Å². The van der Waals surface area contributed by atoms with Crippen LogP contribution >= 0.6 is 0 Å². The fraction of sp³-hybridized carbons (Fsp3) is 0.176. The van der Waals surface area contributed by atoms with E-state index in [1.807, 2.05) is 69.3 Å². The first-order valence-electron chi connectivity index (χ1n) is 13.7. The third-order valence-corrected chi connectivity index (χ3v) is 6.88. The molecule has 7 nitrogen and oxygen atoms in total. The van der Waals surface area contributed by atoms with Gasteiger partial charge < -0.3 is 10.1 Å². The second-order valence-corrected chi connectivity index (χ2v) is 10.9. The highest BCUT2D eigenvalue weighted by atomic mass is 16.6. The number of hydrogen-bond donors (Lipinski definition) is 1. The zero-order valence-corrected chi connectivity index (χ0v) is 23.3. The Morgan fingerprint density at radius 2 is 1.46 bits per heavy atom. The van der Waals surface area contributed by atoms with Crippen LogP contribution in [0.1, 0.15) is 37.8 Å². The Balaban J connectivity index is 1.43. The maximum Gasteiger partial charge on any atom is 0.420 e. The Hall–Kier alpha value is -5.04. The van der Waals surface area contributed by atoms with Crippen LogP contribution < -0.4 is 5.32 Å². The first-order valence-corrected chi connectivity index (χ1v) is 13.7. The Morgan fingerprint density at radius 1 is 0.829 bits per heavy atom. The molecule has 6 rings (SSSR count). The largest absolute Gasteiger partial charge is 0.443 e. The number of rotatable bonds is 6. The fourth-order valence-electron chi connectivity index (χ4n) is 5.02. The van der Waals surface area contributed by atoms with Crippen LogP contribution in [0.5, 0.6) is 0 Å². The molecular weight excluding hydrogens is 510 g/mol. The predicted octanol–water partition coefficient (Wildman–Crippen LogP) is 7.67. The van der Waals surface area contributed by atoms with E-state index in [-0.39, 0.29) is 5.92 Å². The number of para-hydroxylation sites is 1. The maximum atomic E-state index is 13.1. The lowest BCUT2D eigenvalue weighted by Crippen LogP contribution is -2.26. The van der Waals surface area contributed by atoms with Crippen LogP contribution in [-0.2, 0) is 4.74 Å². The van der Waals surface area contributed by atoms with Crippen molar-refractivity contribution >= 4 is 33.8 Å². The monoisotopic (exact) mass is 541 g/mol. The zero-order valence-electron chi connectivity index (χ0n) is 23.3. The molecule has 3 heterocycles. The molecule has 3 aromatic heterocycles. The van der Waals surface area contributed by atoms with Crippen LogP contribution in [0.15, 0.2) is 109 Å². The van der Waals surface area contributed by atoms with Crippen molar-refractivity contribution in [3.8, 4) is 11.4 Å². The Labute approximate surface area is 238 Å². The Kier molecular flexibility index (Phi) is 6.93. The summed E-state index contributed by atoms with van der Waals surface area (Å²) in [6.07, 6.45) is 2.88. The van der Waals surface area contributed by atoms with E-state index in [0.717, 1.165) is 22.1 Å². The average molecular weight is 542 g/mol. The molecule has 0 aliphatic heterocycles. The number of aromatic nitrogens is 4. The van der Waals surface area contributed by atoms with Gasteiger partial charge in [0, 0.05) is 41.2 Å². The van der Waals surface area contributed by atoms with Crippen molar-refractivity contribution in [1.29, 1.82) is 0 Å². The Morgan fingerprint density at radius 3 is 2.15 bits per heavy atom. The highest BCUT2D eigenvalue weighted by Crippen LogP contribution is 2.32. The van der Waals surface area contributed by atoms with Gasteiger partial charge in [-0.05, 0) is 56.2 Å². The SMILES string of the molecule is CC(C)(C)OC(=O)n1cc(-c2nc(NCC(c3ccccc3)c3ccccc3)c3ccccc3n2)c2cccnc21. The Bertz CT molecular complexity index is 1790. The molecule has 0 radical (unpaired) electrons. The van der Waals surface area contributed by atoms with Crippen LogP contribution in [-0.4, -0.2) is 37.8 Å². The maximum absolute atomic E-state index is 13.1. The summed E-state index contributed by atoms with van der Waals surface area (Å²) in [5.41, 5.74) is 3.80. The number of anilines is 1. The van der Waals surface area contributed by atoms with Crippen LogP contribution in [0.25, 0.3) is 33.3 Å². The van der Waals surface area contributed by atoms with Crippen LogP contribution in [0.2, 0.25) is 0 Å². The zero-order chi connectivity index (χ0) is 28.4. The lowest BCUT2D eigenvalue weighted by Gasteiger charge is -2.20. The number of nitrogens with one attached hydrogen (secondary N) is 1. The first-order chi connectivity index (χ1) is 19.9. The summed E-state index contributed by atoms with van der Waals surface area (Å²) in [6, 6.07) is 32.7. The van der Waals surface area contributed by atoms with Gasteiger partial charge in [0.2, 0.25) is 0 Å². The lowest BCUT2D eigenvalue weighted by molar-refractivity contribution is 0.0543. The minimum Gasteiger partial charge on any atom is -0.443 e. The molecule has 3 aromatic carbocycles. The summed E-state index contributed by atoms with van der Waals surface area (Å²) in [5.74, 6) is 1.35. The molecule has 7 heteroatoms. The molecule has 0 aliphatic rings. The van der Waals surface area contributed by atoms with Crippen LogP contribution in [0.3, 0.4) is 0 Å². The normalized spacial score (nSPS) is 11.7. The van der Waals surface area contributed by atoms with E-state index in [9.17, 15) is 4.79 Å². The molecule has 6 aromatic rings. The van der Waals surface area contributed by atoms with E-state index in [2.05, 4.69) is 58.8 Å². The molecule has 0 fully saturated rings. The van der Waals surface area contributed by atoms with Gasteiger partial charge in [-0.3, -0.25) is 0 Å². The van der Waals surface area contributed by atoms with Gasteiger partial charge in [0.1, 0.15) is 17.1 Å². The highest BCUT2D eigenvalue weighted by molar-refractivity contribution is 5.99. The molecule has 0 bridgehead atoms. The second-order valence-electron chi connectivity index (χ2n) is 10.9.